The third kappa shape index (κ3) is 11.8. The molecule has 0 N–H and O–H groups in total. The van der Waals surface area contributed by atoms with Gasteiger partial charge >= 0.3 is 307 Å². The van der Waals surface area contributed by atoms with Crippen molar-refractivity contribution in [1.82, 2.24) is 0 Å². The molecule has 5 aromatic carbocycles. The number of hydrogen-bond donors (Lipinski definition) is 0. The molecule has 0 bridgehead atoms. The molecule has 11 nitrogen and oxygen atoms in total. The molecule has 12 atom stereocenters. The predicted octanol–water partition coefficient (Wildman–Crippen LogP) is 7.60. The number of methoxy groups -OCH3 is 2. The van der Waals surface area contributed by atoms with E-state index >= 15 is 0 Å². The monoisotopic (exact) mass is 954 g/mol. The molecule has 12 unspecified atom stereocenters. The summed E-state index contributed by atoms with van der Waals surface area (Å²) in [4.78, 5) is 0. The molecular formula is C53H62O11Se. The van der Waals surface area contributed by atoms with Crippen LogP contribution < -0.4 is 4.46 Å². The van der Waals surface area contributed by atoms with Gasteiger partial charge in [0.15, 0.2) is 0 Å². The molecule has 0 radical (unpaired) electrons. The first-order chi connectivity index (χ1) is 31.8. The fourth-order valence-corrected chi connectivity index (χ4v) is 10.9. The Balaban J connectivity index is 1.11. The molecule has 0 aromatic heterocycles. The van der Waals surface area contributed by atoms with Gasteiger partial charge in [0.1, 0.15) is 0 Å². The molecule has 0 saturated carbocycles. The average molecular weight is 954 g/mol. The van der Waals surface area contributed by atoms with Crippen LogP contribution in [-0.4, -0.2) is 108 Å². The van der Waals surface area contributed by atoms with E-state index in [0.717, 1.165) is 22.3 Å². The first-order valence-corrected chi connectivity index (χ1v) is 24.3. The fourth-order valence-electron chi connectivity index (χ4n) is 8.53. The van der Waals surface area contributed by atoms with Gasteiger partial charge in [-0.15, -0.1) is 0 Å². The molecule has 3 saturated heterocycles. The van der Waals surface area contributed by atoms with Crippen LogP contribution in [0.5, 0.6) is 0 Å². The molecule has 0 aliphatic carbocycles. The molecule has 0 spiro atoms. The Kier molecular flexibility index (Phi) is 16.7. The molecular weight excluding hydrogens is 892 g/mol. The van der Waals surface area contributed by atoms with Crippen LogP contribution in [0.2, 0.25) is 0 Å². The van der Waals surface area contributed by atoms with Gasteiger partial charge in [-0.1, -0.05) is 84.9 Å². The van der Waals surface area contributed by atoms with Crippen molar-refractivity contribution in [2.75, 3.05) is 27.4 Å². The van der Waals surface area contributed by atoms with E-state index in [9.17, 15) is 0 Å². The van der Waals surface area contributed by atoms with E-state index in [4.69, 9.17) is 52.1 Å². The Hall–Kier alpha value is -3.82. The van der Waals surface area contributed by atoms with Crippen LogP contribution in [0.15, 0.2) is 152 Å². The maximum atomic E-state index is 7.07. The minimum absolute atomic E-state index is 0.161. The van der Waals surface area contributed by atoms with E-state index in [0.29, 0.717) is 26.4 Å². The number of rotatable bonds is 20. The summed E-state index contributed by atoms with van der Waals surface area (Å²) < 4.78 is 75.1. The Labute approximate surface area is 390 Å². The molecule has 3 aliphatic rings. The molecule has 346 valence electrons. The fraction of sp³-hybridized carbons (Fsp3) is 0.434. The standard InChI is InChI=1S/C53H62O11Se/c1-37-43(62-51(65-42-29-19-10-20-30-42)49-45(37)63-52(2,54-4)53(3,55-5)64-49)36-60-50-48(59-34-41-27-17-9-18-28-41)47(58-33-40-25-15-8-16-26-40)46(57-32-39-23-13-7-14-24-39)44(61-50)35-56-31-38-21-11-6-12-22-38/h6-30,37,43-51H,31-36H2,1-5H3. The number of benzene rings is 5. The van der Waals surface area contributed by atoms with Crippen molar-refractivity contribution in [3.8, 4) is 0 Å². The van der Waals surface area contributed by atoms with Gasteiger partial charge in [0.05, 0.1) is 0 Å². The van der Waals surface area contributed by atoms with Gasteiger partial charge in [0.25, 0.3) is 0 Å². The summed E-state index contributed by atoms with van der Waals surface area (Å²) in [5.74, 6) is -2.58. The van der Waals surface area contributed by atoms with E-state index in [2.05, 4.69) is 31.2 Å². The summed E-state index contributed by atoms with van der Waals surface area (Å²) >= 11 is -0.162. The van der Waals surface area contributed by atoms with Crippen LogP contribution in [0.1, 0.15) is 43.0 Å². The van der Waals surface area contributed by atoms with Crippen molar-refractivity contribution in [2.45, 2.75) is 113 Å². The topological polar surface area (TPSA) is 102 Å². The van der Waals surface area contributed by atoms with Crippen LogP contribution in [-0.2, 0) is 78.5 Å². The maximum absolute atomic E-state index is 7.07. The molecule has 5 aromatic rings. The van der Waals surface area contributed by atoms with Gasteiger partial charge in [0, 0.05) is 0 Å². The van der Waals surface area contributed by atoms with E-state index in [-0.39, 0.29) is 39.1 Å². The third-order valence-corrected chi connectivity index (χ3v) is 15.0. The molecule has 3 fully saturated rings. The van der Waals surface area contributed by atoms with Crippen molar-refractivity contribution in [3.05, 3.63) is 174 Å². The van der Waals surface area contributed by atoms with Crippen molar-refractivity contribution in [1.29, 1.82) is 0 Å². The van der Waals surface area contributed by atoms with Gasteiger partial charge < -0.3 is 0 Å². The van der Waals surface area contributed by atoms with E-state index in [1.165, 1.54) is 4.46 Å². The normalized spacial score (nSPS) is 31.3. The second kappa shape index (κ2) is 22.8. The molecule has 0 amide bonds. The van der Waals surface area contributed by atoms with Crippen molar-refractivity contribution >= 4 is 19.4 Å². The molecule has 65 heavy (non-hydrogen) atoms. The van der Waals surface area contributed by atoms with Gasteiger partial charge in [-0.05, 0) is 0 Å². The second-order valence-corrected chi connectivity index (χ2v) is 19.4. The van der Waals surface area contributed by atoms with Crippen LogP contribution in [0.25, 0.3) is 0 Å². The Bertz CT molecular complexity index is 2140. The minimum atomic E-state index is -1.20. The van der Waals surface area contributed by atoms with E-state index < -0.39 is 60.6 Å². The van der Waals surface area contributed by atoms with Crippen LogP contribution in [0.4, 0.5) is 0 Å². The van der Waals surface area contributed by atoms with Crippen molar-refractivity contribution in [2.24, 2.45) is 5.92 Å². The second-order valence-electron chi connectivity index (χ2n) is 17.0. The van der Waals surface area contributed by atoms with Crippen molar-refractivity contribution in [3.63, 3.8) is 0 Å². The summed E-state index contributed by atoms with van der Waals surface area (Å²) in [5.41, 5.74) is 4.10. The molecule has 12 heteroatoms. The Morgan fingerprint density at radius 1 is 0.477 bits per heavy atom. The van der Waals surface area contributed by atoms with Crippen LogP contribution in [0.3, 0.4) is 0 Å². The van der Waals surface area contributed by atoms with E-state index in [1.807, 2.05) is 141 Å². The van der Waals surface area contributed by atoms with Crippen LogP contribution in [0, 0.1) is 5.92 Å². The predicted molar refractivity (Wildman–Crippen MR) is 246 cm³/mol. The van der Waals surface area contributed by atoms with Crippen molar-refractivity contribution < 1.29 is 52.1 Å². The zero-order chi connectivity index (χ0) is 45.1. The summed E-state index contributed by atoms with van der Waals surface area (Å²) in [6.07, 6.45) is -4.75. The summed E-state index contributed by atoms with van der Waals surface area (Å²) in [7, 11) is 3.22. The van der Waals surface area contributed by atoms with Crippen LogP contribution >= 0.6 is 0 Å². The van der Waals surface area contributed by atoms with Gasteiger partial charge in [-0.3, -0.25) is 0 Å². The molecule has 8 rings (SSSR count). The van der Waals surface area contributed by atoms with E-state index in [1.54, 1.807) is 14.2 Å². The Morgan fingerprint density at radius 2 is 0.923 bits per heavy atom. The van der Waals surface area contributed by atoms with Gasteiger partial charge in [0.2, 0.25) is 0 Å². The third-order valence-electron chi connectivity index (χ3n) is 12.6. The summed E-state index contributed by atoms with van der Waals surface area (Å²) in [6.45, 7) is 7.52. The zero-order valence-corrected chi connectivity index (χ0v) is 39.6. The Morgan fingerprint density at radius 3 is 1.43 bits per heavy atom. The van der Waals surface area contributed by atoms with Gasteiger partial charge in [-0.2, -0.15) is 0 Å². The molecule has 3 aliphatic heterocycles. The first-order valence-electron chi connectivity index (χ1n) is 22.4. The first kappa shape index (κ1) is 47.7. The van der Waals surface area contributed by atoms with Gasteiger partial charge in [-0.25, -0.2) is 0 Å². The number of fused-ring (bicyclic) bond motifs is 1. The zero-order valence-electron chi connectivity index (χ0n) is 37.8. The quantitative estimate of drug-likeness (QED) is 0.0722. The summed E-state index contributed by atoms with van der Waals surface area (Å²) in [6, 6.07) is 50.8. The number of ether oxygens (including phenoxy) is 11. The summed E-state index contributed by atoms with van der Waals surface area (Å²) in [5, 5.41) is -0.343. The molecule has 3 heterocycles. The SMILES string of the molecule is COC1(C)OC2C([Se]c3ccccc3)OC(COC3OC(COCc4ccccc4)C(OCc4ccccc4)C(OCc4ccccc4)C3OCc3ccccc3)C(C)C2OC1(C)OC. The number of hydrogen-bond acceptors (Lipinski definition) is 11. The average Bonchev–Trinajstić information content (AvgIpc) is 3.35.